The molecule has 1 amide bonds. The Labute approximate surface area is 174 Å². The number of fused-ring (bicyclic) bond motifs is 1. The Morgan fingerprint density at radius 2 is 2.10 bits per heavy atom. The van der Waals surface area contributed by atoms with Crippen molar-refractivity contribution in [3.8, 4) is 22.9 Å². The highest BCUT2D eigenvalue weighted by Gasteiger charge is 2.33. The number of hydrogen-bond acceptors (Lipinski definition) is 5. The molecule has 0 saturated carbocycles. The number of likely N-dealkylation sites (tertiary alicyclic amines) is 1. The molecular weight excluding hydrogens is 376 g/mol. The van der Waals surface area contributed by atoms with Crippen LogP contribution >= 0.6 is 0 Å². The lowest BCUT2D eigenvalue weighted by Crippen LogP contribution is -2.56. The van der Waals surface area contributed by atoms with Crippen molar-refractivity contribution in [2.45, 2.75) is 13.0 Å². The molecule has 4 rings (SSSR count). The summed E-state index contributed by atoms with van der Waals surface area (Å²) in [6, 6.07) is 15.6. The molecule has 1 fully saturated rings. The summed E-state index contributed by atoms with van der Waals surface area (Å²) in [6.45, 7) is 2.69. The van der Waals surface area contributed by atoms with Crippen LogP contribution in [-0.2, 0) is 4.79 Å². The van der Waals surface area contributed by atoms with Gasteiger partial charge >= 0.3 is 0 Å². The lowest BCUT2D eigenvalue weighted by molar-refractivity contribution is -0.135. The number of benzene rings is 2. The van der Waals surface area contributed by atoms with E-state index in [2.05, 4.69) is 17.1 Å². The number of nitrogens with one attached hydrogen (secondary N) is 1. The molecule has 6 nitrogen and oxygen atoms in total. The second-order valence-electron chi connectivity index (χ2n) is 7.10. The number of rotatable bonds is 5. The highest BCUT2D eigenvalue weighted by molar-refractivity contribution is 6.11. The summed E-state index contributed by atoms with van der Waals surface area (Å²) in [7, 11) is 0. The average molecular weight is 396 g/mol. The number of hydrogen-bond donors (Lipinski definition) is 1. The maximum absolute atomic E-state index is 12.3. The van der Waals surface area contributed by atoms with Gasteiger partial charge in [-0.2, -0.15) is 5.26 Å². The third kappa shape index (κ3) is 3.65. The molecule has 6 heteroatoms. The number of allylic oxidation sites excluding steroid dienone is 1. The van der Waals surface area contributed by atoms with Crippen molar-refractivity contribution in [2.75, 3.05) is 13.1 Å². The van der Waals surface area contributed by atoms with Crippen LogP contribution in [0, 0.1) is 16.7 Å². The summed E-state index contributed by atoms with van der Waals surface area (Å²) in [6.07, 6.45) is 6.10. The predicted octanol–water partition coefficient (Wildman–Crippen LogP) is 3.96. The summed E-state index contributed by atoms with van der Waals surface area (Å²) >= 11 is 0. The van der Waals surface area contributed by atoms with Crippen LogP contribution in [0.4, 0.5) is 0 Å². The zero-order valence-corrected chi connectivity index (χ0v) is 16.5. The SMILES string of the molecule is C/C=C(\C=N)C(=O)N1CC(Oc2cc(-c3cccc(C#N)c3)cc3ccncc23)C1. The van der Waals surface area contributed by atoms with Gasteiger partial charge < -0.3 is 15.0 Å². The molecule has 2 heterocycles. The van der Waals surface area contributed by atoms with Gasteiger partial charge in [-0.05, 0) is 53.8 Å². The van der Waals surface area contributed by atoms with Gasteiger partial charge in [0.25, 0.3) is 5.91 Å². The molecule has 148 valence electrons. The molecule has 0 spiro atoms. The van der Waals surface area contributed by atoms with Gasteiger partial charge in [-0.15, -0.1) is 0 Å². The van der Waals surface area contributed by atoms with Crippen molar-refractivity contribution in [3.63, 3.8) is 0 Å². The molecule has 30 heavy (non-hydrogen) atoms. The fourth-order valence-corrected chi connectivity index (χ4v) is 3.51. The number of pyridine rings is 1. The Balaban J connectivity index is 1.61. The van der Waals surface area contributed by atoms with E-state index >= 15 is 0 Å². The van der Waals surface area contributed by atoms with Crippen LogP contribution in [0.5, 0.6) is 5.75 Å². The largest absolute Gasteiger partial charge is 0.486 e. The van der Waals surface area contributed by atoms with E-state index < -0.39 is 0 Å². The molecule has 0 aliphatic carbocycles. The third-order valence-corrected chi connectivity index (χ3v) is 5.19. The van der Waals surface area contributed by atoms with Crippen molar-refractivity contribution in [1.29, 1.82) is 10.7 Å². The monoisotopic (exact) mass is 396 g/mol. The molecule has 1 aliphatic heterocycles. The molecule has 0 bridgehead atoms. The minimum Gasteiger partial charge on any atom is -0.486 e. The number of nitriles is 1. The minimum absolute atomic E-state index is 0.123. The molecule has 3 aromatic rings. The van der Waals surface area contributed by atoms with Crippen LogP contribution in [-0.4, -0.2) is 41.2 Å². The Bertz CT molecular complexity index is 1200. The van der Waals surface area contributed by atoms with Crippen LogP contribution < -0.4 is 4.74 Å². The third-order valence-electron chi connectivity index (χ3n) is 5.19. The normalized spacial score (nSPS) is 14.1. The van der Waals surface area contributed by atoms with E-state index in [1.807, 2.05) is 30.3 Å². The lowest BCUT2D eigenvalue weighted by Gasteiger charge is -2.39. The second-order valence-corrected chi connectivity index (χ2v) is 7.10. The van der Waals surface area contributed by atoms with E-state index in [-0.39, 0.29) is 12.0 Å². The molecule has 0 radical (unpaired) electrons. The fraction of sp³-hybridized carbons (Fsp3) is 0.167. The van der Waals surface area contributed by atoms with Crippen molar-refractivity contribution < 1.29 is 9.53 Å². The molecule has 0 unspecified atom stereocenters. The fourth-order valence-electron chi connectivity index (χ4n) is 3.51. The number of aromatic nitrogens is 1. The standard InChI is InChI=1S/C24H20N4O2/c1-2-17(12-26)24(29)28-14-21(15-28)30-23-10-20(9-19-6-7-27-13-22(19)23)18-5-3-4-16(8-18)11-25/h2-10,12-13,21,26H,14-15H2,1H3/b17-2+,26-12?. The summed E-state index contributed by atoms with van der Waals surface area (Å²) in [5.74, 6) is 0.550. The molecular formula is C24H20N4O2. The number of carbonyl (C=O) groups is 1. The molecule has 0 atom stereocenters. The van der Waals surface area contributed by atoms with Gasteiger partial charge in [-0.3, -0.25) is 9.78 Å². The molecule has 1 saturated heterocycles. The van der Waals surface area contributed by atoms with E-state index in [0.29, 0.717) is 30.0 Å². The molecule has 1 aromatic heterocycles. The van der Waals surface area contributed by atoms with Crippen molar-refractivity contribution in [1.82, 2.24) is 9.88 Å². The van der Waals surface area contributed by atoms with Gasteiger partial charge in [-0.25, -0.2) is 0 Å². The van der Waals surface area contributed by atoms with E-state index in [1.54, 1.807) is 36.4 Å². The number of carbonyl (C=O) groups excluding carboxylic acids is 1. The smallest absolute Gasteiger partial charge is 0.255 e. The van der Waals surface area contributed by atoms with Gasteiger partial charge in [0.2, 0.25) is 0 Å². The summed E-state index contributed by atoms with van der Waals surface area (Å²) in [5, 5.41) is 18.4. The zero-order valence-electron chi connectivity index (χ0n) is 16.5. The van der Waals surface area contributed by atoms with Crippen LogP contribution in [0.3, 0.4) is 0 Å². The van der Waals surface area contributed by atoms with Crippen LogP contribution in [0.1, 0.15) is 12.5 Å². The Kier molecular flexibility index (Phi) is 5.27. The highest BCUT2D eigenvalue weighted by atomic mass is 16.5. The molecule has 2 aromatic carbocycles. The van der Waals surface area contributed by atoms with E-state index in [9.17, 15) is 10.1 Å². The summed E-state index contributed by atoms with van der Waals surface area (Å²) in [5.41, 5.74) is 2.87. The van der Waals surface area contributed by atoms with Crippen molar-refractivity contribution >= 4 is 22.9 Å². The molecule has 1 aliphatic rings. The van der Waals surface area contributed by atoms with Gasteiger partial charge in [0.1, 0.15) is 11.9 Å². The van der Waals surface area contributed by atoms with E-state index in [4.69, 9.17) is 10.1 Å². The first kappa shape index (κ1) is 19.3. The average Bonchev–Trinajstić information content (AvgIpc) is 2.76. The van der Waals surface area contributed by atoms with Crippen LogP contribution in [0.25, 0.3) is 21.9 Å². The first-order valence-electron chi connectivity index (χ1n) is 9.64. The van der Waals surface area contributed by atoms with Crippen LogP contribution in [0.2, 0.25) is 0 Å². The van der Waals surface area contributed by atoms with Crippen molar-refractivity contribution in [2.24, 2.45) is 0 Å². The lowest BCUT2D eigenvalue weighted by atomic mass is 10.00. The first-order valence-corrected chi connectivity index (χ1v) is 9.64. The Hall–Kier alpha value is -3.98. The van der Waals surface area contributed by atoms with Gasteiger partial charge in [0.05, 0.1) is 30.3 Å². The van der Waals surface area contributed by atoms with Gasteiger partial charge in [0, 0.05) is 24.0 Å². The second kappa shape index (κ2) is 8.18. The quantitative estimate of drug-likeness (QED) is 0.522. The maximum atomic E-state index is 12.3. The first-order chi connectivity index (χ1) is 14.6. The maximum Gasteiger partial charge on any atom is 0.255 e. The Morgan fingerprint density at radius 1 is 1.27 bits per heavy atom. The van der Waals surface area contributed by atoms with E-state index in [1.165, 1.54) is 0 Å². The van der Waals surface area contributed by atoms with E-state index in [0.717, 1.165) is 28.1 Å². The van der Waals surface area contributed by atoms with Crippen LogP contribution in [0.15, 0.2) is 66.5 Å². The van der Waals surface area contributed by atoms with Gasteiger partial charge in [0.15, 0.2) is 0 Å². The number of amides is 1. The summed E-state index contributed by atoms with van der Waals surface area (Å²) in [4.78, 5) is 18.2. The highest BCUT2D eigenvalue weighted by Crippen LogP contribution is 2.34. The number of ether oxygens (including phenoxy) is 1. The van der Waals surface area contributed by atoms with Gasteiger partial charge in [-0.1, -0.05) is 18.2 Å². The Morgan fingerprint density at radius 3 is 2.83 bits per heavy atom. The molecule has 1 N–H and O–H groups in total. The number of nitrogens with zero attached hydrogens (tertiary/aromatic N) is 3. The van der Waals surface area contributed by atoms with Crippen molar-refractivity contribution in [3.05, 3.63) is 72.1 Å². The zero-order chi connectivity index (χ0) is 21.1. The summed E-state index contributed by atoms with van der Waals surface area (Å²) < 4.78 is 6.23. The predicted molar refractivity (Wildman–Crippen MR) is 115 cm³/mol. The minimum atomic E-state index is -0.152. The topological polar surface area (TPSA) is 90.1 Å².